The average Bonchev–Trinajstić information content (AvgIpc) is 3.10. The van der Waals surface area contributed by atoms with Crippen LogP contribution in [0.25, 0.3) is 10.8 Å². The van der Waals surface area contributed by atoms with Gasteiger partial charge in [-0.3, -0.25) is 0 Å². The Morgan fingerprint density at radius 1 is 0.900 bits per heavy atom. The fourth-order valence-electron chi connectivity index (χ4n) is 3.48. The first-order valence-electron chi connectivity index (χ1n) is 7.64. The van der Waals surface area contributed by atoms with Crippen LogP contribution in [-0.4, -0.2) is 0 Å². The van der Waals surface area contributed by atoms with Crippen LogP contribution in [0.4, 0.5) is 0 Å². The maximum Gasteiger partial charge on any atom is -0.0289 e. The van der Waals surface area contributed by atoms with E-state index in [-0.39, 0.29) is 0 Å². The number of hydrogen-bond donors (Lipinski definition) is 0. The molecule has 0 bridgehead atoms. The van der Waals surface area contributed by atoms with Gasteiger partial charge >= 0.3 is 0 Å². The Bertz CT molecular complexity index is 731. The minimum atomic E-state index is 1.14. The van der Waals surface area contributed by atoms with Crippen molar-refractivity contribution in [2.24, 2.45) is 0 Å². The molecule has 0 aromatic heterocycles. The maximum atomic E-state index is 2.46. The molecule has 0 unspecified atom stereocenters. The molecule has 3 aromatic carbocycles. The van der Waals surface area contributed by atoms with Crippen molar-refractivity contribution in [2.75, 3.05) is 0 Å². The lowest BCUT2D eigenvalue weighted by molar-refractivity contribution is 0.912. The van der Waals surface area contributed by atoms with Gasteiger partial charge in [0.05, 0.1) is 0 Å². The second kappa shape index (κ2) is 4.86. The van der Waals surface area contributed by atoms with Gasteiger partial charge in [0.15, 0.2) is 0 Å². The third-order valence-corrected chi connectivity index (χ3v) is 4.60. The molecular formula is C20H19-. The van der Waals surface area contributed by atoms with Crippen LogP contribution < -0.4 is 0 Å². The van der Waals surface area contributed by atoms with Crippen molar-refractivity contribution in [3.63, 3.8) is 0 Å². The maximum absolute atomic E-state index is 2.46. The van der Waals surface area contributed by atoms with E-state index in [4.69, 9.17) is 0 Å². The zero-order valence-electron chi connectivity index (χ0n) is 11.7. The van der Waals surface area contributed by atoms with E-state index >= 15 is 0 Å². The molecule has 0 nitrogen and oxygen atoms in total. The van der Waals surface area contributed by atoms with Crippen LogP contribution in [0.3, 0.4) is 0 Å². The largest absolute Gasteiger partial charge is 0.168 e. The SMILES string of the molecule is c1ccc(CC[c-]2ccc3cc4c(cc32)CCC4)cc1. The normalized spacial score (nSPS) is 13.8. The van der Waals surface area contributed by atoms with E-state index in [1.165, 1.54) is 41.2 Å². The minimum absolute atomic E-state index is 1.14. The molecule has 0 fully saturated rings. The minimum Gasteiger partial charge on any atom is -0.168 e. The summed E-state index contributed by atoms with van der Waals surface area (Å²) in [6.45, 7) is 0. The highest BCUT2D eigenvalue weighted by Gasteiger charge is 2.09. The predicted molar refractivity (Wildman–Crippen MR) is 85.4 cm³/mol. The Kier molecular flexibility index (Phi) is 2.88. The molecule has 0 heterocycles. The van der Waals surface area contributed by atoms with Crippen LogP contribution in [0.2, 0.25) is 0 Å². The summed E-state index contributed by atoms with van der Waals surface area (Å²) in [5, 5.41) is 2.93. The van der Waals surface area contributed by atoms with E-state index < -0.39 is 0 Å². The van der Waals surface area contributed by atoms with E-state index in [1.54, 1.807) is 11.1 Å². The highest BCUT2D eigenvalue weighted by molar-refractivity contribution is 5.89. The molecule has 0 amide bonds. The Morgan fingerprint density at radius 3 is 2.55 bits per heavy atom. The first-order valence-corrected chi connectivity index (χ1v) is 7.64. The summed E-state index contributed by atoms with van der Waals surface area (Å²) in [5.41, 5.74) is 6.11. The molecule has 0 heteroatoms. The summed E-state index contributed by atoms with van der Waals surface area (Å²) in [4.78, 5) is 0. The second-order valence-corrected chi connectivity index (χ2v) is 5.91. The van der Waals surface area contributed by atoms with Gasteiger partial charge < -0.3 is 0 Å². The second-order valence-electron chi connectivity index (χ2n) is 5.91. The predicted octanol–water partition coefficient (Wildman–Crippen LogP) is 4.83. The monoisotopic (exact) mass is 259 g/mol. The third kappa shape index (κ3) is 2.06. The van der Waals surface area contributed by atoms with Crippen molar-refractivity contribution in [3.8, 4) is 0 Å². The van der Waals surface area contributed by atoms with Gasteiger partial charge in [0.25, 0.3) is 0 Å². The van der Waals surface area contributed by atoms with Gasteiger partial charge in [0, 0.05) is 0 Å². The molecule has 3 aromatic rings. The molecule has 20 heavy (non-hydrogen) atoms. The van der Waals surface area contributed by atoms with Crippen LogP contribution in [0.1, 0.15) is 28.7 Å². The molecule has 0 radical (unpaired) electrons. The zero-order chi connectivity index (χ0) is 13.4. The first-order chi connectivity index (χ1) is 9.90. The Balaban J connectivity index is 1.64. The Hall–Kier alpha value is -1.95. The molecule has 0 aliphatic heterocycles. The topological polar surface area (TPSA) is 0 Å². The summed E-state index contributed by atoms with van der Waals surface area (Å²) in [7, 11) is 0. The summed E-state index contributed by atoms with van der Waals surface area (Å²) >= 11 is 0. The lowest BCUT2D eigenvalue weighted by Gasteiger charge is -2.10. The molecule has 100 valence electrons. The van der Waals surface area contributed by atoms with Gasteiger partial charge in [-0.05, 0) is 31.2 Å². The number of hydrogen-bond acceptors (Lipinski definition) is 0. The molecular weight excluding hydrogens is 240 g/mol. The lowest BCUT2D eigenvalue weighted by Crippen LogP contribution is -1.90. The zero-order valence-corrected chi connectivity index (χ0v) is 11.7. The molecule has 0 spiro atoms. The molecule has 1 aliphatic carbocycles. The molecule has 0 saturated carbocycles. The number of rotatable bonds is 3. The number of aryl methyl sites for hydroxylation is 4. The van der Waals surface area contributed by atoms with Gasteiger partial charge in [-0.25, -0.2) is 0 Å². The molecule has 0 atom stereocenters. The molecule has 1 aliphatic rings. The van der Waals surface area contributed by atoms with E-state index in [0.717, 1.165) is 12.8 Å². The van der Waals surface area contributed by atoms with Gasteiger partial charge in [0.1, 0.15) is 0 Å². The van der Waals surface area contributed by atoms with Crippen LogP contribution in [0.15, 0.2) is 54.6 Å². The fraction of sp³-hybridized carbons (Fsp3) is 0.250. The molecule has 0 saturated heterocycles. The van der Waals surface area contributed by atoms with Crippen molar-refractivity contribution >= 4 is 10.8 Å². The van der Waals surface area contributed by atoms with Gasteiger partial charge in [-0.15, -0.1) is 34.5 Å². The number of fused-ring (bicyclic) bond motifs is 2. The van der Waals surface area contributed by atoms with Crippen molar-refractivity contribution in [1.82, 2.24) is 0 Å². The fourth-order valence-corrected chi connectivity index (χ4v) is 3.48. The summed E-state index contributed by atoms with van der Waals surface area (Å²) in [6, 6.07) is 20.3. The van der Waals surface area contributed by atoms with Gasteiger partial charge in [-0.2, -0.15) is 6.07 Å². The smallest absolute Gasteiger partial charge is 0.0289 e. The summed E-state index contributed by atoms with van der Waals surface area (Å²) < 4.78 is 0. The van der Waals surface area contributed by atoms with Crippen molar-refractivity contribution in [2.45, 2.75) is 32.1 Å². The van der Waals surface area contributed by atoms with Gasteiger partial charge in [-0.1, -0.05) is 47.9 Å². The lowest BCUT2D eigenvalue weighted by atomic mass is 10.0. The van der Waals surface area contributed by atoms with Crippen LogP contribution >= 0.6 is 0 Å². The standard InChI is InChI=1S/C20H19/c1-2-5-15(6-3-1)9-10-16-11-12-19-13-17-7-4-8-18(17)14-20(16)19/h1-3,5-6,11-14H,4,7-10H2/q-1. The highest BCUT2D eigenvalue weighted by atomic mass is 14.2. The quantitative estimate of drug-likeness (QED) is 0.591. The van der Waals surface area contributed by atoms with Crippen LogP contribution in [0, 0.1) is 0 Å². The van der Waals surface area contributed by atoms with Gasteiger partial charge in [0.2, 0.25) is 0 Å². The van der Waals surface area contributed by atoms with E-state index in [2.05, 4.69) is 54.6 Å². The molecule has 4 rings (SSSR count). The average molecular weight is 259 g/mol. The van der Waals surface area contributed by atoms with Crippen molar-refractivity contribution < 1.29 is 0 Å². The molecule has 0 N–H and O–H groups in total. The van der Waals surface area contributed by atoms with E-state index in [0.29, 0.717) is 0 Å². The number of benzene rings is 2. The first kappa shape index (κ1) is 11.8. The van der Waals surface area contributed by atoms with E-state index in [1.807, 2.05) is 0 Å². The van der Waals surface area contributed by atoms with Crippen molar-refractivity contribution in [1.29, 1.82) is 0 Å². The Morgan fingerprint density at radius 2 is 1.70 bits per heavy atom. The Labute approximate surface area is 120 Å². The highest BCUT2D eigenvalue weighted by Crippen LogP contribution is 2.30. The van der Waals surface area contributed by atoms with Crippen molar-refractivity contribution in [3.05, 3.63) is 76.9 Å². The summed E-state index contributed by atoms with van der Waals surface area (Å²) in [6.07, 6.45) is 6.16. The van der Waals surface area contributed by atoms with E-state index in [9.17, 15) is 0 Å². The summed E-state index contributed by atoms with van der Waals surface area (Å²) in [5.74, 6) is 0. The third-order valence-electron chi connectivity index (χ3n) is 4.60. The van der Waals surface area contributed by atoms with Crippen LogP contribution in [-0.2, 0) is 25.7 Å². The van der Waals surface area contributed by atoms with Crippen LogP contribution in [0.5, 0.6) is 0 Å².